The Morgan fingerprint density at radius 2 is 0.778 bits per heavy atom. The van der Waals surface area contributed by atoms with Gasteiger partial charge >= 0.3 is 0 Å². The Labute approximate surface area is 366 Å². The van der Waals surface area contributed by atoms with Crippen molar-refractivity contribution in [2.45, 2.75) is 0 Å². The highest BCUT2D eigenvalue weighted by molar-refractivity contribution is 6.14. The van der Waals surface area contributed by atoms with Gasteiger partial charge in [-0.05, 0) is 82.4 Å². The lowest BCUT2D eigenvalue weighted by molar-refractivity contribution is 0.669. The van der Waals surface area contributed by atoms with E-state index in [0.717, 1.165) is 66.9 Å². The van der Waals surface area contributed by atoms with Gasteiger partial charge in [-0.2, -0.15) is 0 Å². The normalized spacial score (nSPS) is 11.5. The van der Waals surface area contributed by atoms with E-state index in [9.17, 15) is 0 Å². The maximum atomic E-state index is 6.44. The molecule has 0 unspecified atom stereocenters. The van der Waals surface area contributed by atoms with Crippen molar-refractivity contribution in [3.63, 3.8) is 0 Å². The highest BCUT2D eigenvalue weighted by atomic mass is 16.3. The van der Waals surface area contributed by atoms with Crippen LogP contribution in [0.4, 0.5) is 17.1 Å². The zero-order chi connectivity index (χ0) is 41.7. The van der Waals surface area contributed by atoms with Crippen LogP contribution < -0.4 is 4.90 Å². The number of hydrogen-bond acceptors (Lipinski definition) is 2. The van der Waals surface area contributed by atoms with Crippen LogP contribution in [0.2, 0.25) is 0 Å². The summed E-state index contributed by atoms with van der Waals surface area (Å²) in [7, 11) is 0. The molecule has 0 atom stereocenters. The quantitative estimate of drug-likeness (QED) is 0.153. The Morgan fingerprint density at radius 1 is 0.302 bits per heavy atom. The molecular formula is C60H40N2O. The van der Waals surface area contributed by atoms with Crippen molar-refractivity contribution in [3.05, 3.63) is 243 Å². The molecule has 296 valence electrons. The second kappa shape index (κ2) is 15.3. The molecule has 0 fully saturated rings. The fourth-order valence-corrected chi connectivity index (χ4v) is 9.67. The Kier molecular flexibility index (Phi) is 8.83. The van der Waals surface area contributed by atoms with Gasteiger partial charge in [-0.3, -0.25) is 0 Å². The predicted octanol–water partition coefficient (Wildman–Crippen LogP) is 16.8. The summed E-state index contributed by atoms with van der Waals surface area (Å²) in [6.45, 7) is 0. The molecule has 3 nitrogen and oxygen atoms in total. The number of benzene rings is 10. The number of para-hydroxylation sites is 6. The third-order valence-electron chi connectivity index (χ3n) is 12.4. The fraction of sp³-hybridized carbons (Fsp3) is 0. The molecule has 0 aliphatic carbocycles. The van der Waals surface area contributed by atoms with E-state index in [4.69, 9.17) is 4.42 Å². The minimum absolute atomic E-state index is 0.874. The molecule has 0 amide bonds. The number of anilines is 3. The smallest absolute Gasteiger partial charge is 0.136 e. The molecule has 0 aliphatic heterocycles. The van der Waals surface area contributed by atoms with Gasteiger partial charge in [-0.1, -0.05) is 188 Å². The summed E-state index contributed by atoms with van der Waals surface area (Å²) in [5, 5.41) is 4.71. The molecule has 63 heavy (non-hydrogen) atoms. The van der Waals surface area contributed by atoms with Crippen molar-refractivity contribution < 1.29 is 4.42 Å². The van der Waals surface area contributed by atoms with E-state index in [-0.39, 0.29) is 0 Å². The summed E-state index contributed by atoms with van der Waals surface area (Å²) in [6, 6.07) is 87.1. The van der Waals surface area contributed by atoms with Crippen LogP contribution in [0.15, 0.2) is 247 Å². The van der Waals surface area contributed by atoms with Crippen LogP contribution in [0.5, 0.6) is 0 Å². The number of hydrogen-bond donors (Lipinski definition) is 0. The first-order chi connectivity index (χ1) is 31.3. The van der Waals surface area contributed by atoms with Crippen molar-refractivity contribution >= 4 is 60.8 Å². The molecule has 10 aromatic carbocycles. The van der Waals surface area contributed by atoms with Gasteiger partial charge in [0.1, 0.15) is 11.2 Å². The second-order valence-corrected chi connectivity index (χ2v) is 16.0. The van der Waals surface area contributed by atoms with Gasteiger partial charge in [0, 0.05) is 43.9 Å². The molecule has 0 N–H and O–H groups in total. The summed E-state index contributed by atoms with van der Waals surface area (Å²) in [5.74, 6) is 0. The molecule has 0 saturated heterocycles. The molecular weight excluding hydrogens is 765 g/mol. The third kappa shape index (κ3) is 6.13. The van der Waals surface area contributed by atoms with Crippen molar-refractivity contribution in [1.29, 1.82) is 0 Å². The minimum atomic E-state index is 0.874. The zero-order valence-corrected chi connectivity index (χ0v) is 34.4. The summed E-state index contributed by atoms with van der Waals surface area (Å²) < 4.78 is 8.85. The average Bonchev–Trinajstić information content (AvgIpc) is 3.91. The van der Waals surface area contributed by atoms with Crippen LogP contribution in [0.25, 0.3) is 93.9 Å². The summed E-state index contributed by atoms with van der Waals surface area (Å²) in [5.41, 5.74) is 17.7. The Morgan fingerprint density at radius 3 is 1.48 bits per heavy atom. The molecule has 12 rings (SSSR count). The lowest BCUT2D eigenvalue weighted by Crippen LogP contribution is -2.12. The van der Waals surface area contributed by atoms with Crippen LogP contribution >= 0.6 is 0 Å². The lowest BCUT2D eigenvalue weighted by Gasteiger charge is -2.30. The zero-order valence-electron chi connectivity index (χ0n) is 34.4. The largest absolute Gasteiger partial charge is 0.456 e. The highest BCUT2D eigenvalue weighted by Crippen LogP contribution is 2.48. The van der Waals surface area contributed by atoms with E-state index in [1.165, 1.54) is 44.1 Å². The Bertz CT molecular complexity index is 3580. The van der Waals surface area contributed by atoms with Crippen LogP contribution in [0, 0.1) is 0 Å². The maximum absolute atomic E-state index is 6.44. The number of furan rings is 1. The first-order valence-electron chi connectivity index (χ1n) is 21.5. The van der Waals surface area contributed by atoms with Crippen LogP contribution in [0.3, 0.4) is 0 Å². The third-order valence-corrected chi connectivity index (χ3v) is 12.4. The van der Waals surface area contributed by atoms with Gasteiger partial charge in [0.15, 0.2) is 0 Å². The standard InChI is InChI=1S/C60H40N2O/c1-2-19-41(20-3-1)44-21-4-5-23-46(44)47-24-7-13-31-54(47)61(55-32-14-10-27-50(55)51-29-18-36-59-60(51)52-28-11-17-35-58(52)63-59)43-39-37-42(38-40-43)45-22-6-12-30-53(45)62-56-33-15-8-25-48(56)49-26-9-16-34-57(49)62/h1-40H. The van der Waals surface area contributed by atoms with Gasteiger partial charge in [-0.25, -0.2) is 0 Å². The predicted molar refractivity (Wildman–Crippen MR) is 264 cm³/mol. The average molecular weight is 805 g/mol. The molecule has 2 aromatic heterocycles. The number of nitrogens with zero attached hydrogens (tertiary/aromatic N) is 2. The molecule has 0 saturated carbocycles. The number of rotatable bonds is 8. The van der Waals surface area contributed by atoms with Gasteiger partial charge in [0.25, 0.3) is 0 Å². The minimum Gasteiger partial charge on any atom is -0.456 e. The summed E-state index contributed by atoms with van der Waals surface area (Å²) in [4.78, 5) is 2.44. The lowest BCUT2D eigenvalue weighted by atomic mass is 9.92. The SMILES string of the molecule is c1ccc(-c2ccccc2-c2ccccc2N(c2ccc(-c3ccccc3-n3c4ccccc4c4ccccc43)cc2)c2ccccc2-c2cccc3oc4ccccc4c23)cc1. The Balaban J connectivity index is 1.07. The van der Waals surface area contributed by atoms with E-state index in [1.54, 1.807) is 0 Å². The topological polar surface area (TPSA) is 21.3 Å². The second-order valence-electron chi connectivity index (χ2n) is 16.0. The summed E-state index contributed by atoms with van der Waals surface area (Å²) >= 11 is 0. The van der Waals surface area contributed by atoms with Gasteiger partial charge in [0.2, 0.25) is 0 Å². The van der Waals surface area contributed by atoms with Crippen LogP contribution in [-0.2, 0) is 0 Å². The molecule has 0 bridgehead atoms. The summed E-state index contributed by atoms with van der Waals surface area (Å²) in [6.07, 6.45) is 0. The molecule has 0 aliphatic rings. The molecule has 3 heteroatoms. The van der Waals surface area contributed by atoms with E-state index < -0.39 is 0 Å². The maximum Gasteiger partial charge on any atom is 0.136 e. The first-order valence-corrected chi connectivity index (χ1v) is 21.5. The van der Waals surface area contributed by atoms with E-state index in [0.29, 0.717) is 0 Å². The Hall–Kier alpha value is -8.40. The van der Waals surface area contributed by atoms with Crippen molar-refractivity contribution in [2.75, 3.05) is 4.90 Å². The van der Waals surface area contributed by atoms with Gasteiger partial charge < -0.3 is 13.9 Å². The monoisotopic (exact) mass is 804 g/mol. The highest BCUT2D eigenvalue weighted by Gasteiger charge is 2.24. The van der Waals surface area contributed by atoms with E-state index in [1.807, 2.05) is 6.07 Å². The number of aromatic nitrogens is 1. The van der Waals surface area contributed by atoms with Crippen LogP contribution in [-0.4, -0.2) is 4.57 Å². The van der Waals surface area contributed by atoms with Gasteiger partial charge in [-0.15, -0.1) is 0 Å². The van der Waals surface area contributed by atoms with Crippen molar-refractivity contribution in [3.8, 4) is 50.2 Å². The molecule has 0 spiro atoms. The van der Waals surface area contributed by atoms with Gasteiger partial charge in [0.05, 0.1) is 28.1 Å². The molecule has 0 radical (unpaired) electrons. The van der Waals surface area contributed by atoms with E-state index in [2.05, 4.69) is 246 Å². The first kappa shape index (κ1) is 36.5. The van der Waals surface area contributed by atoms with Crippen molar-refractivity contribution in [2.24, 2.45) is 0 Å². The molecule has 12 aromatic rings. The molecule has 2 heterocycles. The fourth-order valence-electron chi connectivity index (χ4n) is 9.67. The van der Waals surface area contributed by atoms with E-state index >= 15 is 0 Å². The van der Waals surface area contributed by atoms with Crippen LogP contribution in [0.1, 0.15) is 0 Å². The number of fused-ring (bicyclic) bond motifs is 6. The van der Waals surface area contributed by atoms with Crippen molar-refractivity contribution in [1.82, 2.24) is 4.57 Å².